The van der Waals surface area contributed by atoms with E-state index in [0.29, 0.717) is 0 Å². The van der Waals surface area contributed by atoms with E-state index >= 15 is 0 Å². The zero-order valence-corrected chi connectivity index (χ0v) is 9.77. The Morgan fingerprint density at radius 2 is 1.76 bits per heavy atom. The Morgan fingerprint density at radius 3 is 2.59 bits per heavy atom. The average molecular weight is 222 g/mol. The third-order valence-corrected chi connectivity index (χ3v) is 3.22. The highest BCUT2D eigenvalue weighted by atomic mass is 14.7. The van der Waals surface area contributed by atoms with E-state index in [2.05, 4.69) is 13.0 Å². The number of nitrogens with two attached hydrogens (primary N) is 1. The van der Waals surface area contributed by atoms with E-state index in [0.717, 1.165) is 33.9 Å². The molecule has 0 unspecified atom stereocenters. The quantitative estimate of drug-likeness (QED) is 0.640. The minimum Gasteiger partial charge on any atom is -0.398 e. The number of aromatic nitrogens is 1. The van der Waals surface area contributed by atoms with Crippen molar-refractivity contribution in [3.63, 3.8) is 0 Å². The molecule has 0 saturated heterocycles. The van der Waals surface area contributed by atoms with E-state index in [4.69, 9.17) is 10.7 Å². The lowest BCUT2D eigenvalue weighted by Gasteiger charge is -2.09. The van der Waals surface area contributed by atoms with E-state index in [-0.39, 0.29) is 0 Å². The minimum atomic E-state index is 0.834. The van der Waals surface area contributed by atoms with Crippen molar-refractivity contribution >= 4 is 27.5 Å². The Hall–Kier alpha value is -2.09. The van der Waals surface area contributed by atoms with Gasteiger partial charge in [0.25, 0.3) is 0 Å². The lowest BCUT2D eigenvalue weighted by atomic mass is 10.0. The number of para-hydroxylation sites is 2. The molecule has 1 aromatic heterocycles. The molecule has 3 aromatic rings. The van der Waals surface area contributed by atoms with Gasteiger partial charge in [-0.2, -0.15) is 0 Å². The van der Waals surface area contributed by atoms with Gasteiger partial charge in [0.15, 0.2) is 0 Å². The second-order valence-electron chi connectivity index (χ2n) is 4.21. The van der Waals surface area contributed by atoms with Gasteiger partial charge in [-0.3, -0.25) is 0 Å². The number of hydrogen-bond donors (Lipinski definition) is 1. The first kappa shape index (κ1) is 10.1. The van der Waals surface area contributed by atoms with Crippen molar-refractivity contribution in [3.05, 3.63) is 48.0 Å². The molecule has 0 amide bonds. The van der Waals surface area contributed by atoms with Crippen LogP contribution in [0.5, 0.6) is 0 Å². The van der Waals surface area contributed by atoms with E-state index in [1.807, 2.05) is 36.4 Å². The predicted molar refractivity (Wildman–Crippen MR) is 73.0 cm³/mol. The van der Waals surface area contributed by atoms with Gasteiger partial charge in [-0.05, 0) is 18.1 Å². The van der Waals surface area contributed by atoms with Crippen molar-refractivity contribution in [1.29, 1.82) is 0 Å². The third-order valence-electron chi connectivity index (χ3n) is 3.22. The minimum absolute atomic E-state index is 0.834. The van der Waals surface area contributed by atoms with Gasteiger partial charge in [0.05, 0.1) is 16.7 Å². The highest BCUT2D eigenvalue weighted by Gasteiger charge is 2.07. The first-order valence-electron chi connectivity index (χ1n) is 5.87. The fourth-order valence-electron chi connectivity index (χ4n) is 2.29. The lowest BCUT2D eigenvalue weighted by Crippen LogP contribution is -1.95. The van der Waals surface area contributed by atoms with Crippen LogP contribution in [0.15, 0.2) is 42.5 Å². The monoisotopic (exact) mass is 222 g/mol. The lowest BCUT2D eigenvalue weighted by molar-refractivity contribution is 1.15. The summed E-state index contributed by atoms with van der Waals surface area (Å²) in [6.45, 7) is 2.14. The summed E-state index contributed by atoms with van der Waals surface area (Å²) in [5.74, 6) is 0. The number of benzene rings is 2. The average Bonchev–Trinajstić information content (AvgIpc) is 2.38. The van der Waals surface area contributed by atoms with Gasteiger partial charge < -0.3 is 5.73 Å². The van der Waals surface area contributed by atoms with Crippen LogP contribution < -0.4 is 5.73 Å². The van der Waals surface area contributed by atoms with E-state index in [1.165, 1.54) is 5.56 Å². The van der Waals surface area contributed by atoms with Crippen LogP contribution in [0.25, 0.3) is 21.8 Å². The summed E-state index contributed by atoms with van der Waals surface area (Å²) >= 11 is 0. The maximum absolute atomic E-state index is 6.24. The molecule has 17 heavy (non-hydrogen) atoms. The zero-order chi connectivity index (χ0) is 11.8. The fraction of sp³-hybridized carbons (Fsp3) is 0.133. The zero-order valence-electron chi connectivity index (χ0n) is 9.77. The molecule has 0 radical (unpaired) electrons. The molecule has 0 aliphatic rings. The van der Waals surface area contributed by atoms with Crippen LogP contribution in [0.4, 0.5) is 5.69 Å². The first-order valence-corrected chi connectivity index (χ1v) is 5.87. The van der Waals surface area contributed by atoms with Crippen molar-refractivity contribution in [2.24, 2.45) is 0 Å². The molecule has 1 heterocycles. The number of anilines is 1. The Bertz CT molecular complexity index is 702. The first-order chi connectivity index (χ1) is 8.31. The molecule has 84 valence electrons. The number of nitrogens with zero attached hydrogens (tertiary/aromatic N) is 1. The molecule has 2 aromatic carbocycles. The summed E-state index contributed by atoms with van der Waals surface area (Å²) in [6.07, 6.45) is 0.974. The number of aryl methyl sites for hydroxylation is 1. The second kappa shape index (κ2) is 3.74. The Labute approximate surface area is 100 Å². The van der Waals surface area contributed by atoms with Crippen LogP contribution in [0.3, 0.4) is 0 Å². The number of nitrogen functional groups attached to an aromatic ring is 1. The third kappa shape index (κ3) is 1.45. The highest BCUT2D eigenvalue weighted by molar-refractivity contribution is 6.07. The van der Waals surface area contributed by atoms with Crippen LogP contribution in [-0.4, -0.2) is 4.98 Å². The molecule has 0 saturated carbocycles. The molecule has 0 aliphatic heterocycles. The highest BCUT2D eigenvalue weighted by Crippen LogP contribution is 2.29. The molecule has 0 atom stereocenters. The number of hydrogen-bond acceptors (Lipinski definition) is 2. The molecule has 2 nitrogen and oxygen atoms in total. The Kier molecular flexibility index (Phi) is 2.22. The van der Waals surface area contributed by atoms with Gasteiger partial charge in [0.2, 0.25) is 0 Å². The van der Waals surface area contributed by atoms with E-state index < -0.39 is 0 Å². The van der Waals surface area contributed by atoms with Crippen LogP contribution in [0.1, 0.15) is 12.5 Å². The maximum atomic E-state index is 6.24. The maximum Gasteiger partial charge on any atom is 0.0762 e. The summed E-state index contributed by atoms with van der Waals surface area (Å²) in [4.78, 5) is 4.73. The van der Waals surface area contributed by atoms with Gasteiger partial charge in [-0.15, -0.1) is 0 Å². The molecule has 3 rings (SSSR count). The summed E-state index contributed by atoms with van der Waals surface area (Å²) in [5.41, 5.74) is 10.3. The normalized spacial score (nSPS) is 11.1. The van der Waals surface area contributed by atoms with Crippen molar-refractivity contribution < 1.29 is 0 Å². The Morgan fingerprint density at radius 1 is 1.00 bits per heavy atom. The van der Waals surface area contributed by atoms with Crippen molar-refractivity contribution in [2.75, 3.05) is 5.73 Å². The van der Waals surface area contributed by atoms with Gasteiger partial charge in [0.1, 0.15) is 0 Å². The number of rotatable bonds is 1. The van der Waals surface area contributed by atoms with Crippen LogP contribution >= 0.6 is 0 Å². The van der Waals surface area contributed by atoms with Gasteiger partial charge in [-0.25, -0.2) is 4.98 Å². The summed E-state index contributed by atoms with van der Waals surface area (Å²) in [5, 5.41) is 2.09. The SMILES string of the molecule is CCc1cccc2c(N)c3ccccc3nc12. The standard InChI is InChI=1S/C15H14N2/c1-2-10-6-5-8-12-14(16)11-7-3-4-9-13(11)17-15(10)12/h3-9H,2H2,1H3,(H2,16,17). The fourth-order valence-corrected chi connectivity index (χ4v) is 2.29. The summed E-state index contributed by atoms with van der Waals surface area (Å²) in [7, 11) is 0. The van der Waals surface area contributed by atoms with Gasteiger partial charge in [-0.1, -0.05) is 43.3 Å². The summed E-state index contributed by atoms with van der Waals surface area (Å²) in [6, 6.07) is 14.2. The van der Waals surface area contributed by atoms with Crippen LogP contribution in [0, 0.1) is 0 Å². The molecule has 0 bridgehead atoms. The number of fused-ring (bicyclic) bond motifs is 2. The second-order valence-corrected chi connectivity index (χ2v) is 4.21. The topological polar surface area (TPSA) is 38.9 Å². The summed E-state index contributed by atoms with van der Waals surface area (Å²) < 4.78 is 0. The Balaban J connectivity index is 2.54. The predicted octanol–water partition coefficient (Wildman–Crippen LogP) is 3.53. The molecule has 0 fully saturated rings. The number of pyridine rings is 1. The van der Waals surface area contributed by atoms with E-state index in [1.54, 1.807) is 0 Å². The molecule has 2 N–H and O–H groups in total. The van der Waals surface area contributed by atoms with Crippen LogP contribution in [0.2, 0.25) is 0 Å². The van der Waals surface area contributed by atoms with Gasteiger partial charge >= 0.3 is 0 Å². The molecule has 0 aliphatic carbocycles. The van der Waals surface area contributed by atoms with Crippen molar-refractivity contribution in [3.8, 4) is 0 Å². The molecule has 2 heteroatoms. The molecule has 0 spiro atoms. The van der Waals surface area contributed by atoms with Gasteiger partial charge in [0, 0.05) is 10.8 Å². The molecular weight excluding hydrogens is 208 g/mol. The van der Waals surface area contributed by atoms with Crippen molar-refractivity contribution in [1.82, 2.24) is 4.98 Å². The molecular formula is C15H14N2. The van der Waals surface area contributed by atoms with Crippen LogP contribution in [-0.2, 0) is 6.42 Å². The smallest absolute Gasteiger partial charge is 0.0762 e. The van der Waals surface area contributed by atoms with Crippen molar-refractivity contribution in [2.45, 2.75) is 13.3 Å². The largest absolute Gasteiger partial charge is 0.398 e. The van der Waals surface area contributed by atoms with E-state index in [9.17, 15) is 0 Å².